The Morgan fingerprint density at radius 1 is 1.30 bits per heavy atom. The minimum atomic E-state index is -0.0729. The monoisotopic (exact) mass is 332 g/mol. The number of hydrogen-bond donors (Lipinski definition) is 1. The maximum Gasteiger partial charge on any atom is 0.251 e. The van der Waals surface area contributed by atoms with Gasteiger partial charge < -0.3 is 10.1 Å². The summed E-state index contributed by atoms with van der Waals surface area (Å²) in [5, 5.41) is 7.29. The van der Waals surface area contributed by atoms with Crippen molar-refractivity contribution in [1.29, 1.82) is 0 Å². The number of thiophene rings is 1. The molecule has 1 aromatic carbocycles. The van der Waals surface area contributed by atoms with Gasteiger partial charge >= 0.3 is 0 Å². The quantitative estimate of drug-likeness (QED) is 0.803. The van der Waals surface area contributed by atoms with Crippen LogP contribution < -0.4 is 10.1 Å². The lowest BCUT2D eigenvalue weighted by Gasteiger charge is -2.29. The van der Waals surface area contributed by atoms with Crippen molar-refractivity contribution in [3.63, 3.8) is 0 Å². The lowest BCUT2D eigenvalue weighted by Crippen LogP contribution is -2.37. The van der Waals surface area contributed by atoms with Crippen molar-refractivity contribution in [2.45, 2.75) is 19.9 Å². The maximum absolute atomic E-state index is 12.4. The van der Waals surface area contributed by atoms with Crippen molar-refractivity contribution < 1.29 is 9.53 Å². The first kappa shape index (κ1) is 17.5. The Kier molecular flexibility index (Phi) is 6.62. The van der Waals surface area contributed by atoms with Gasteiger partial charge in [0.2, 0.25) is 0 Å². The van der Waals surface area contributed by atoms with E-state index in [1.807, 2.05) is 12.1 Å². The van der Waals surface area contributed by atoms with Crippen LogP contribution in [0, 0.1) is 0 Å². The molecule has 1 N–H and O–H groups in total. The minimum absolute atomic E-state index is 0.0729. The van der Waals surface area contributed by atoms with Crippen LogP contribution in [0.4, 0.5) is 0 Å². The Balaban J connectivity index is 2.07. The van der Waals surface area contributed by atoms with Crippen LogP contribution in [0.2, 0.25) is 0 Å². The number of ether oxygens (including phenoxy) is 1. The number of hydrogen-bond acceptors (Lipinski definition) is 4. The summed E-state index contributed by atoms with van der Waals surface area (Å²) in [6.45, 7) is 6.78. The van der Waals surface area contributed by atoms with E-state index < -0.39 is 0 Å². The Bertz CT molecular complexity index is 609. The van der Waals surface area contributed by atoms with Gasteiger partial charge in [0.05, 0.1) is 13.2 Å². The molecule has 0 saturated carbocycles. The summed E-state index contributed by atoms with van der Waals surface area (Å²) < 4.78 is 5.18. The number of likely N-dealkylation sites (N-methyl/N-ethyl adjacent to an activating group) is 1. The van der Waals surface area contributed by atoms with Crippen molar-refractivity contribution in [2.75, 3.05) is 26.7 Å². The molecule has 23 heavy (non-hydrogen) atoms. The predicted molar refractivity (Wildman–Crippen MR) is 95.3 cm³/mol. The van der Waals surface area contributed by atoms with Crippen molar-refractivity contribution in [3.05, 3.63) is 52.2 Å². The average Bonchev–Trinajstić information content (AvgIpc) is 3.12. The molecule has 0 bridgehead atoms. The van der Waals surface area contributed by atoms with Crippen LogP contribution in [0.3, 0.4) is 0 Å². The van der Waals surface area contributed by atoms with Crippen LogP contribution in [0.1, 0.15) is 35.8 Å². The topological polar surface area (TPSA) is 41.6 Å². The smallest absolute Gasteiger partial charge is 0.251 e. The molecular weight excluding hydrogens is 308 g/mol. The molecule has 0 aliphatic rings. The van der Waals surface area contributed by atoms with Gasteiger partial charge in [0, 0.05) is 12.1 Å². The fourth-order valence-electron chi connectivity index (χ4n) is 2.64. The van der Waals surface area contributed by atoms with Gasteiger partial charge in [-0.1, -0.05) is 19.9 Å². The first-order chi connectivity index (χ1) is 11.2. The summed E-state index contributed by atoms with van der Waals surface area (Å²) in [5.74, 6) is 0.618. The predicted octanol–water partition coefficient (Wildman–Crippen LogP) is 3.57. The Morgan fingerprint density at radius 2 is 2.09 bits per heavy atom. The third kappa shape index (κ3) is 4.56. The molecule has 1 amide bonds. The van der Waals surface area contributed by atoms with E-state index in [1.54, 1.807) is 30.6 Å². The second-order valence-electron chi connectivity index (χ2n) is 5.24. The molecule has 0 unspecified atom stereocenters. The summed E-state index contributed by atoms with van der Waals surface area (Å²) in [4.78, 5) is 14.8. The maximum atomic E-state index is 12.4. The number of nitrogens with zero attached hydrogens (tertiary/aromatic N) is 1. The van der Waals surface area contributed by atoms with Gasteiger partial charge in [-0.3, -0.25) is 9.69 Å². The first-order valence-corrected chi connectivity index (χ1v) is 8.82. The van der Waals surface area contributed by atoms with Gasteiger partial charge in [-0.05, 0) is 53.7 Å². The molecule has 5 heteroatoms. The molecule has 1 heterocycles. The van der Waals surface area contributed by atoms with Gasteiger partial charge in [0.15, 0.2) is 0 Å². The van der Waals surface area contributed by atoms with Crippen molar-refractivity contribution in [2.24, 2.45) is 0 Å². The van der Waals surface area contributed by atoms with Crippen molar-refractivity contribution in [3.8, 4) is 5.75 Å². The zero-order valence-corrected chi connectivity index (χ0v) is 14.7. The molecule has 0 fully saturated rings. The highest BCUT2D eigenvalue weighted by Gasteiger charge is 2.19. The number of methoxy groups -OCH3 is 1. The largest absolute Gasteiger partial charge is 0.497 e. The zero-order chi connectivity index (χ0) is 16.7. The SMILES string of the molecule is CCN(CC)[C@H](CNC(=O)c1cccc(OC)c1)c1ccsc1. The first-order valence-electron chi connectivity index (χ1n) is 7.88. The highest BCUT2D eigenvalue weighted by atomic mass is 32.1. The van der Waals surface area contributed by atoms with Crippen LogP contribution in [-0.2, 0) is 0 Å². The lowest BCUT2D eigenvalue weighted by molar-refractivity contribution is 0.0934. The third-order valence-electron chi connectivity index (χ3n) is 3.97. The Labute approximate surface area is 142 Å². The zero-order valence-electron chi connectivity index (χ0n) is 13.9. The molecule has 2 rings (SSSR count). The van der Waals surface area contributed by atoms with E-state index in [0.29, 0.717) is 17.9 Å². The number of carbonyl (C=O) groups excluding carboxylic acids is 1. The second-order valence-corrected chi connectivity index (χ2v) is 6.02. The van der Waals surface area contributed by atoms with E-state index in [9.17, 15) is 4.79 Å². The standard InChI is InChI=1S/C18H24N2O2S/c1-4-20(5-2)17(15-9-10-23-13-15)12-19-18(21)14-7-6-8-16(11-14)22-3/h6-11,13,17H,4-5,12H2,1-3H3,(H,19,21)/t17-/m1/s1. The number of nitrogens with one attached hydrogen (secondary N) is 1. The van der Waals surface area contributed by atoms with Crippen molar-refractivity contribution in [1.82, 2.24) is 10.2 Å². The van der Waals surface area contributed by atoms with Gasteiger partial charge in [-0.2, -0.15) is 11.3 Å². The van der Waals surface area contributed by atoms with E-state index in [4.69, 9.17) is 4.74 Å². The number of carbonyl (C=O) groups is 1. The molecule has 2 aromatic rings. The molecule has 0 aliphatic carbocycles. The highest BCUT2D eigenvalue weighted by molar-refractivity contribution is 7.07. The van der Waals surface area contributed by atoms with E-state index in [-0.39, 0.29) is 11.9 Å². The Hall–Kier alpha value is -1.85. The number of rotatable bonds is 8. The van der Waals surface area contributed by atoms with Crippen LogP contribution in [0.5, 0.6) is 5.75 Å². The lowest BCUT2D eigenvalue weighted by atomic mass is 10.1. The molecule has 0 spiro atoms. The van der Waals surface area contributed by atoms with Crippen LogP contribution in [-0.4, -0.2) is 37.6 Å². The summed E-state index contributed by atoms with van der Waals surface area (Å²) in [5.41, 5.74) is 1.87. The highest BCUT2D eigenvalue weighted by Crippen LogP contribution is 2.22. The summed E-state index contributed by atoms with van der Waals surface area (Å²) in [6.07, 6.45) is 0. The van der Waals surface area contributed by atoms with Crippen LogP contribution >= 0.6 is 11.3 Å². The van der Waals surface area contributed by atoms with Gasteiger partial charge in [-0.15, -0.1) is 0 Å². The molecule has 1 aromatic heterocycles. The molecule has 0 aliphatic heterocycles. The van der Waals surface area contributed by atoms with Crippen LogP contribution in [0.15, 0.2) is 41.1 Å². The van der Waals surface area contributed by atoms with Gasteiger partial charge in [0.1, 0.15) is 5.75 Å². The normalized spacial score (nSPS) is 12.2. The minimum Gasteiger partial charge on any atom is -0.497 e. The third-order valence-corrected chi connectivity index (χ3v) is 4.67. The fourth-order valence-corrected chi connectivity index (χ4v) is 3.35. The summed E-state index contributed by atoms with van der Waals surface area (Å²) in [7, 11) is 1.60. The summed E-state index contributed by atoms with van der Waals surface area (Å²) in [6, 6.07) is 9.55. The van der Waals surface area contributed by atoms with E-state index in [1.165, 1.54) is 5.56 Å². The number of benzene rings is 1. The molecular formula is C18H24N2O2S. The molecule has 124 valence electrons. The average molecular weight is 332 g/mol. The van der Waals surface area contributed by atoms with E-state index in [2.05, 4.69) is 40.9 Å². The van der Waals surface area contributed by atoms with Crippen LogP contribution in [0.25, 0.3) is 0 Å². The van der Waals surface area contributed by atoms with E-state index >= 15 is 0 Å². The molecule has 1 atom stereocenters. The second kappa shape index (κ2) is 8.70. The fraction of sp³-hybridized carbons (Fsp3) is 0.389. The summed E-state index contributed by atoms with van der Waals surface area (Å²) >= 11 is 1.69. The number of amides is 1. The molecule has 0 saturated heterocycles. The molecule has 4 nitrogen and oxygen atoms in total. The Morgan fingerprint density at radius 3 is 2.70 bits per heavy atom. The van der Waals surface area contributed by atoms with Crippen molar-refractivity contribution >= 4 is 17.2 Å². The molecule has 0 radical (unpaired) electrons. The van der Waals surface area contributed by atoms with E-state index in [0.717, 1.165) is 13.1 Å². The van der Waals surface area contributed by atoms with Gasteiger partial charge in [0.25, 0.3) is 5.91 Å². The van der Waals surface area contributed by atoms with Gasteiger partial charge in [-0.25, -0.2) is 0 Å².